The lowest BCUT2D eigenvalue weighted by atomic mass is 9.96. The highest BCUT2D eigenvalue weighted by molar-refractivity contribution is 5.97. The number of ketones is 1. The van der Waals surface area contributed by atoms with Gasteiger partial charge < -0.3 is 4.90 Å². The summed E-state index contributed by atoms with van der Waals surface area (Å²) >= 11 is 0. The third-order valence-electron chi connectivity index (χ3n) is 3.02. The molecule has 0 bridgehead atoms. The Morgan fingerprint density at radius 1 is 1.31 bits per heavy atom. The molecule has 16 heavy (non-hydrogen) atoms. The molecule has 0 aromatic carbocycles. The largest absolute Gasteiger partial charge is 0.341 e. The van der Waals surface area contributed by atoms with Crippen LogP contribution in [0.15, 0.2) is 6.20 Å². The van der Waals surface area contributed by atoms with Gasteiger partial charge in [-0.15, -0.1) is 0 Å². The van der Waals surface area contributed by atoms with Crippen LogP contribution in [-0.4, -0.2) is 28.8 Å². The van der Waals surface area contributed by atoms with Gasteiger partial charge in [-0.1, -0.05) is 0 Å². The molecule has 2 rings (SSSR count). The minimum atomic E-state index is 0.187. The van der Waals surface area contributed by atoms with Crippen molar-refractivity contribution in [2.75, 3.05) is 18.0 Å². The Kier molecular flexibility index (Phi) is 3.17. The first-order valence-electron chi connectivity index (χ1n) is 5.90. The SMILES string of the molecule is CCN(CC)c1ncc2c(n1)CCCC2=O. The molecule has 1 aliphatic carbocycles. The summed E-state index contributed by atoms with van der Waals surface area (Å²) in [5.74, 6) is 0.936. The summed E-state index contributed by atoms with van der Waals surface area (Å²) in [6.45, 7) is 5.95. The lowest BCUT2D eigenvalue weighted by Crippen LogP contribution is -2.25. The topological polar surface area (TPSA) is 46.1 Å². The monoisotopic (exact) mass is 219 g/mol. The van der Waals surface area contributed by atoms with Crippen molar-refractivity contribution in [2.45, 2.75) is 33.1 Å². The Hall–Kier alpha value is -1.45. The van der Waals surface area contributed by atoms with E-state index in [-0.39, 0.29) is 5.78 Å². The molecule has 0 atom stereocenters. The average Bonchev–Trinajstić information content (AvgIpc) is 2.31. The maximum Gasteiger partial charge on any atom is 0.225 e. The highest BCUT2D eigenvalue weighted by Gasteiger charge is 2.20. The first-order chi connectivity index (χ1) is 7.76. The molecule has 0 fully saturated rings. The van der Waals surface area contributed by atoms with Crippen LogP contribution in [0.2, 0.25) is 0 Å². The Morgan fingerprint density at radius 3 is 2.75 bits per heavy atom. The zero-order valence-corrected chi connectivity index (χ0v) is 9.86. The number of fused-ring (bicyclic) bond motifs is 1. The smallest absolute Gasteiger partial charge is 0.225 e. The van der Waals surface area contributed by atoms with Gasteiger partial charge in [0.2, 0.25) is 5.95 Å². The van der Waals surface area contributed by atoms with E-state index >= 15 is 0 Å². The van der Waals surface area contributed by atoms with Crippen LogP contribution in [0.25, 0.3) is 0 Å². The van der Waals surface area contributed by atoms with Gasteiger partial charge in [0.1, 0.15) is 0 Å². The molecule has 4 heteroatoms. The number of hydrogen-bond donors (Lipinski definition) is 0. The lowest BCUT2D eigenvalue weighted by molar-refractivity contribution is 0.0971. The van der Waals surface area contributed by atoms with E-state index < -0.39 is 0 Å². The Labute approximate surface area is 95.7 Å². The number of hydrogen-bond acceptors (Lipinski definition) is 4. The number of aryl methyl sites for hydroxylation is 1. The van der Waals surface area contributed by atoms with Crippen LogP contribution in [0, 0.1) is 0 Å². The summed E-state index contributed by atoms with van der Waals surface area (Å²) in [6, 6.07) is 0. The van der Waals surface area contributed by atoms with Crippen LogP contribution in [0.5, 0.6) is 0 Å². The normalized spacial score (nSPS) is 14.8. The van der Waals surface area contributed by atoms with Crippen LogP contribution in [-0.2, 0) is 6.42 Å². The molecule has 86 valence electrons. The van der Waals surface area contributed by atoms with Gasteiger partial charge in [-0.05, 0) is 26.7 Å². The summed E-state index contributed by atoms with van der Waals surface area (Å²) in [5.41, 5.74) is 1.65. The first kappa shape index (κ1) is 11.0. The molecule has 4 nitrogen and oxygen atoms in total. The van der Waals surface area contributed by atoms with Crippen LogP contribution in [0.1, 0.15) is 42.7 Å². The molecular formula is C12H17N3O. The summed E-state index contributed by atoms with van der Waals surface area (Å²) in [4.78, 5) is 22.5. The highest BCUT2D eigenvalue weighted by Crippen LogP contribution is 2.20. The third-order valence-corrected chi connectivity index (χ3v) is 3.02. The number of Topliss-reactive ketones (excluding diaryl/α,β-unsaturated/α-hetero) is 1. The van der Waals surface area contributed by atoms with Gasteiger partial charge in [0, 0.05) is 25.7 Å². The summed E-state index contributed by atoms with van der Waals surface area (Å²) < 4.78 is 0. The molecule has 0 radical (unpaired) electrons. The van der Waals surface area contributed by atoms with E-state index in [4.69, 9.17) is 0 Å². The second-order valence-electron chi connectivity index (χ2n) is 3.98. The zero-order chi connectivity index (χ0) is 11.5. The van der Waals surface area contributed by atoms with Crippen molar-refractivity contribution in [2.24, 2.45) is 0 Å². The minimum absolute atomic E-state index is 0.187. The predicted octanol–water partition coefficient (Wildman–Crippen LogP) is 1.84. The van der Waals surface area contributed by atoms with Crippen LogP contribution >= 0.6 is 0 Å². The maximum atomic E-state index is 11.6. The molecule has 1 aromatic heterocycles. The molecule has 0 N–H and O–H groups in total. The fourth-order valence-corrected chi connectivity index (χ4v) is 2.04. The molecular weight excluding hydrogens is 202 g/mol. The average molecular weight is 219 g/mol. The van der Waals surface area contributed by atoms with Gasteiger partial charge in [0.15, 0.2) is 5.78 Å². The Bertz CT molecular complexity index is 399. The van der Waals surface area contributed by atoms with E-state index in [9.17, 15) is 4.79 Å². The van der Waals surface area contributed by atoms with Crippen LogP contribution < -0.4 is 4.90 Å². The van der Waals surface area contributed by atoms with Gasteiger partial charge in [-0.25, -0.2) is 9.97 Å². The Morgan fingerprint density at radius 2 is 2.06 bits per heavy atom. The quantitative estimate of drug-likeness (QED) is 0.778. The zero-order valence-electron chi connectivity index (χ0n) is 9.86. The number of rotatable bonds is 3. The highest BCUT2D eigenvalue weighted by atomic mass is 16.1. The molecule has 0 aliphatic heterocycles. The maximum absolute atomic E-state index is 11.6. The van der Waals surface area contributed by atoms with Gasteiger partial charge in [0.05, 0.1) is 11.3 Å². The standard InChI is InChI=1S/C12H17N3O/c1-3-15(4-2)12-13-8-9-10(14-12)6-5-7-11(9)16/h8H,3-7H2,1-2H3. The summed E-state index contributed by atoms with van der Waals surface area (Å²) in [5, 5.41) is 0. The van der Waals surface area contributed by atoms with Crippen LogP contribution in [0.4, 0.5) is 5.95 Å². The minimum Gasteiger partial charge on any atom is -0.341 e. The second-order valence-corrected chi connectivity index (χ2v) is 3.98. The number of carbonyl (C=O) groups excluding carboxylic acids is 1. The molecule has 1 aromatic rings. The fourth-order valence-electron chi connectivity index (χ4n) is 2.04. The lowest BCUT2D eigenvalue weighted by Gasteiger charge is -2.21. The number of anilines is 1. The fraction of sp³-hybridized carbons (Fsp3) is 0.583. The molecule has 0 saturated heterocycles. The van der Waals surface area contributed by atoms with Crippen molar-refractivity contribution in [3.05, 3.63) is 17.5 Å². The van der Waals surface area contributed by atoms with E-state index in [0.29, 0.717) is 6.42 Å². The third kappa shape index (κ3) is 1.92. The molecule has 0 spiro atoms. The van der Waals surface area contributed by atoms with E-state index in [0.717, 1.165) is 43.1 Å². The predicted molar refractivity (Wildman–Crippen MR) is 62.9 cm³/mol. The van der Waals surface area contributed by atoms with Gasteiger partial charge in [0.25, 0.3) is 0 Å². The summed E-state index contributed by atoms with van der Waals surface area (Å²) in [7, 11) is 0. The van der Waals surface area contributed by atoms with Gasteiger partial charge in [-0.3, -0.25) is 4.79 Å². The Balaban J connectivity index is 2.34. The van der Waals surface area contributed by atoms with E-state index in [1.807, 2.05) is 0 Å². The second kappa shape index (κ2) is 4.60. The van der Waals surface area contributed by atoms with Gasteiger partial charge in [-0.2, -0.15) is 0 Å². The van der Waals surface area contributed by atoms with Crippen molar-refractivity contribution in [1.82, 2.24) is 9.97 Å². The van der Waals surface area contributed by atoms with Crippen LogP contribution in [0.3, 0.4) is 0 Å². The molecule has 1 aliphatic rings. The molecule has 0 amide bonds. The molecule has 0 unspecified atom stereocenters. The molecule has 1 heterocycles. The molecule has 0 saturated carbocycles. The summed E-state index contributed by atoms with van der Waals surface area (Å²) in [6.07, 6.45) is 4.15. The van der Waals surface area contributed by atoms with Crippen molar-refractivity contribution in [1.29, 1.82) is 0 Å². The first-order valence-corrected chi connectivity index (χ1v) is 5.90. The van der Waals surface area contributed by atoms with Crippen molar-refractivity contribution in [3.63, 3.8) is 0 Å². The number of aromatic nitrogens is 2. The van der Waals surface area contributed by atoms with Gasteiger partial charge >= 0.3 is 0 Å². The van der Waals surface area contributed by atoms with E-state index in [2.05, 4.69) is 28.7 Å². The van der Waals surface area contributed by atoms with Crippen molar-refractivity contribution < 1.29 is 4.79 Å². The van der Waals surface area contributed by atoms with E-state index in [1.165, 1.54) is 0 Å². The van der Waals surface area contributed by atoms with E-state index in [1.54, 1.807) is 6.20 Å². The number of nitrogens with zero attached hydrogens (tertiary/aromatic N) is 3. The van der Waals surface area contributed by atoms with Crippen molar-refractivity contribution >= 4 is 11.7 Å². The van der Waals surface area contributed by atoms with Crippen molar-refractivity contribution in [3.8, 4) is 0 Å². The number of carbonyl (C=O) groups is 1.